The Labute approximate surface area is 87.8 Å². The molecule has 0 aliphatic heterocycles. The number of aryl methyl sites for hydroxylation is 1. The topological polar surface area (TPSA) is 61.2 Å². The molecule has 1 heterocycles. The minimum absolute atomic E-state index is 0.646. The second kappa shape index (κ2) is 3.95. The van der Waals surface area contributed by atoms with Crippen LogP contribution in [0.4, 0.5) is 13.2 Å². The quantitative estimate of drug-likeness (QED) is 0.566. The number of halogens is 3. The molecule has 0 spiro atoms. The summed E-state index contributed by atoms with van der Waals surface area (Å²) in [5.41, 5.74) is -1.46. The zero-order chi connectivity index (χ0) is 12.5. The molecule has 0 bridgehead atoms. The third-order valence-corrected chi connectivity index (χ3v) is 1.71. The van der Waals surface area contributed by atoms with Crippen molar-refractivity contribution in [3.8, 4) is 0 Å². The number of aromatic nitrogens is 2. The monoisotopic (exact) mass is 236 g/mol. The molecule has 5 nitrogen and oxygen atoms in total. The maximum absolute atomic E-state index is 12.2. The van der Waals surface area contributed by atoms with E-state index in [0.29, 0.717) is 0 Å². The number of ketones is 1. The van der Waals surface area contributed by atoms with Crippen LogP contribution >= 0.6 is 0 Å². The fourth-order valence-electron chi connectivity index (χ4n) is 1.05. The summed E-state index contributed by atoms with van der Waals surface area (Å²) in [6, 6.07) is 0. The number of alkyl halides is 3. The fourth-order valence-corrected chi connectivity index (χ4v) is 1.05. The van der Waals surface area contributed by atoms with Gasteiger partial charge in [0.1, 0.15) is 0 Å². The summed E-state index contributed by atoms with van der Waals surface area (Å²) in [6.07, 6.45) is -4.23. The highest BCUT2D eigenvalue weighted by Crippen LogP contribution is 2.23. The van der Waals surface area contributed by atoms with Crippen molar-refractivity contribution < 1.29 is 27.5 Å². The van der Waals surface area contributed by atoms with Gasteiger partial charge in [-0.1, -0.05) is 0 Å². The van der Waals surface area contributed by atoms with Crippen LogP contribution in [0.2, 0.25) is 0 Å². The van der Waals surface area contributed by atoms with Gasteiger partial charge in [-0.15, -0.1) is 0 Å². The fraction of sp³-hybridized carbons (Fsp3) is 0.375. The zero-order valence-electron chi connectivity index (χ0n) is 8.33. The second-order valence-corrected chi connectivity index (χ2v) is 2.88. The van der Waals surface area contributed by atoms with Crippen molar-refractivity contribution in [3.63, 3.8) is 0 Å². The van der Waals surface area contributed by atoms with Gasteiger partial charge in [-0.05, 0) is 0 Å². The number of rotatable bonds is 2. The van der Waals surface area contributed by atoms with Crippen molar-refractivity contribution in [1.82, 2.24) is 9.78 Å². The van der Waals surface area contributed by atoms with Crippen molar-refractivity contribution in [2.45, 2.75) is 6.18 Å². The average molecular weight is 236 g/mol. The summed E-state index contributed by atoms with van der Waals surface area (Å²) in [7, 11) is 2.28. The molecule has 16 heavy (non-hydrogen) atoms. The predicted molar refractivity (Wildman–Crippen MR) is 44.9 cm³/mol. The standard InChI is InChI=1S/C8H7F3N2O3/c1-13-3-4(6(14)8(9,10)11)5(12-13)7(15)16-2/h3H,1-2H3. The van der Waals surface area contributed by atoms with Crippen LogP contribution in [-0.2, 0) is 11.8 Å². The van der Waals surface area contributed by atoms with E-state index in [-0.39, 0.29) is 0 Å². The molecule has 0 aliphatic rings. The van der Waals surface area contributed by atoms with Gasteiger partial charge in [0.05, 0.1) is 12.7 Å². The maximum atomic E-state index is 12.2. The first-order valence-electron chi connectivity index (χ1n) is 4.01. The minimum atomic E-state index is -5.05. The van der Waals surface area contributed by atoms with E-state index in [1.807, 2.05) is 0 Å². The zero-order valence-corrected chi connectivity index (χ0v) is 8.33. The molecule has 88 valence electrons. The van der Waals surface area contributed by atoms with Gasteiger partial charge >= 0.3 is 12.1 Å². The Hall–Kier alpha value is -1.86. The van der Waals surface area contributed by atoms with Crippen LogP contribution in [0, 0.1) is 0 Å². The average Bonchev–Trinajstić information content (AvgIpc) is 2.56. The molecule has 0 atom stereocenters. The van der Waals surface area contributed by atoms with Gasteiger partial charge in [0.25, 0.3) is 5.78 Å². The summed E-state index contributed by atoms with van der Waals surface area (Å²) >= 11 is 0. The van der Waals surface area contributed by atoms with Crippen LogP contribution in [0.1, 0.15) is 20.8 Å². The van der Waals surface area contributed by atoms with Crippen molar-refractivity contribution >= 4 is 11.8 Å². The van der Waals surface area contributed by atoms with E-state index in [0.717, 1.165) is 18.0 Å². The first-order chi connectivity index (χ1) is 7.27. The van der Waals surface area contributed by atoms with Crippen molar-refractivity contribution in [3.05, 3.63) is 17.5 Å². The predicted octanol–water partition coefficient (Wildman–Crippen LogP) is 0.952. The molecule has 0 N–H and O–H groups in total. The lowest BCUT2D eigenvalue weighted by Gasteiger charge is -2.03. The van der Waals surface area contributed by atoms with Crippen LogP contribution in [0.5, 0.6) is 0 Å². The SMILES string of the molecule is COC(=O)c1nn(C)cc1C(=O)C(F)(F)F. The molecule has 0 aliphatic carbocycles. The minimum Gasteiger partial charge on any atom is -0.464 e. The Kier molecular flexibility index (Phi) is 3.02. The molecule has 0 fully saturated rings. The molecule has 0 radical (unpaired) electrons. The molecular formula is C8H7F3N2O3. The molecule has 1 aromatic rings. The summed E-state index contributed by atoms with van der Waals surface area (Å²) < 4.78 is 41.6. The number of carbonyl (C=O) groups excluding carboxylic acids is 2. The Bertz CT molecular complexity index is 436. The van der Waals surface area contributed by atoms with Gasteiger partial charge in [0.2, 0.25) is 0 Å². The van der Waals surface area contributed by atoms with Gasteiger partial charge < -0.3 is 4.74 Å². The summed E-state index contributed by atoms with van der Waals surface area (Å²) in [4.78, 5) is 22.0. The largest absolute Gasteiger partial charge is 0.464 e. The summed E-state index contributed by atoms with van der Waals surface area (Å²) in [5, 5.41) is 3.44. The Balaban J connectivity index is 3.24. The molecule has 8 heteroatoms. The van der Waals surface area contributed by atoms with Crippen molar-refractivity contribution in [1.29, 1.82) is 0 Å². The molecule has 0 unspecified atom stereocenters. The highest BCUT2D eigenvalue weighted by molar-refractivity contribution is 6.07. The van der Waals surface area contributed by atoms with Crippen molar-refractivity contribution in [2.75, 3.05) is 7.11 Å². The van der Waals surface area contributed by atoms with Gasteiger partial charge in [0.15, 0.2) is 5.69 Å². The smallest absolute Gasteiger partial charge is 0.455 e. The lowest BCUT2D eigenvalue weighted by molar-refractivity contribution is -0.0885. The van der Waals surface area contributed by atoms with Gasteiger partial charge in [-0.3, -0.25) is 9.48 Å². The molecule has 1 aromatic heterocycles. The number of esters is 1. The van der Waals surface area contributed by atoms with E-state index < -0.39 is 29.2 Å². The molecule has 1 rings (SSSR count). The van der Waals surface area contributed by atoms with Gasteiger partial charge in [0, 0.05) is 13.2 Å². The van der Waals surface area contributed by atoms with E-state index in [1.165, 1.54) is 7.05 Å². The van der Waals surface area contributed by atoms with E-state index >= 15 is 0 Å². The van der Waals surface area contributed by atoms with Gasteiger partial charge in [-0.2, -0.15) is 18.3 Å². The second-order valence-electron chi connectivity index (χ2n) is 2.88. The third-order valence-electron chi connectivity index (χ3n) is 1.71. The molecule has 0 saturated heterocycles. The normalized spacial score (nSPS) is 11.3. The van der Waals surface area contributed by atoms with Crippen molar-refractivity contribution in [2.24, 2.45) is 7.05 Å². The van der Waals surface area contributed by atoms with Crippen LogP contribution in [0.25, 0.3) is 0 Å². The van der Waals surface area contributed by atoms with E-state index in [1.54, 1.807) is 0 Å². The summed E-state index contributed by atoms with van der Waals surface area (Å²) in [5.74, 6) is -3.21. The lowest BCUT2D eigenvalue weighted by atomic mass is 10.1. The van der Waals surface area contributed by atoms with Gasteiger partial charge in [-0.25, -0.2) is 4.79 Å². The first-order valence-corrected chi connectivity index (χ1v) is 4.01. The van der Waals surface area contributed by atoms with E-state index in [2.05, 4.69) is 9.84 Å². The number of nitrogens with zero attached hydrogens (tertiary/aromatic N) is 2. The van der Waals surface area contributed by atoms with E-state index in [4.69, 9.17) is 0 Å². The Morgan fingerprint density at radius 1 is 1.44 bits per heavy atom. The first kappa shape index (κ1) is 12.2. The highest BCUT2D eigenvalue weighted by atomic mass is 19.4. The van der Waals surface area contributed by atoms with E-state index in [9.17, 15) is 22.8 Å². The summed E-state index contributed by atoms with van der Waals surface area (Å²) in [6.45, 7) is 0. The van der Waals surface area contributed by atoms with Crippen LogP contribution in [-0.4, -0.2) is 34.8 Å². The number of ether oxygens (including phenoxy) is 1. The number of carbonyl (C=O) groups is 2. The number of hydrogen-bond acceptors (Lipinski definition) is 4. The Morgan fingerprint density at radius 3 is 2.44 bits per heavy atom. The maximum Gasteiger partial charge on any atom is 0.455 e. The Morgan fingerprint density at radius 2 is 2.00 bits per heavy atom. The molecule has 0 saturated carbocycles. The molecular weight excluding hydrogens is 229 g/mol. The van der Waals surface area contributed by atoms with Crippen LogP contribution in [0.15, 0.2) is 6.20 Å². The lowest BCUT2D eigenvalue weighted by Crippen LogP contribution is -2.24. The number of methoxy groups -OCH3 is 1. The third kappa shape index (κ3) is 2.20. The molecule has 0 amide bonds. The van der Waals surface area contributed by atoms with Crippen LogP contribution < -0.4 is 0 Å². The number of Topliss-reactive ketones (excluding diaryl/α,β-unsaturated/α-hetero) is 1. The highest BCUT2D eigenvalue weighted by Gasteiger charge is 2.42. The number of hydrogen-bond donors (Lipinski definition) is 0. The molecule has 0 aromatic carbocycles. The van der Waals surface area contributed by atoms with Crippen LogP contribution in [0.3, 0.4) is 0 Å².